The minimum absolute atomic E-state index is 0.0623. The van der Waals surface area contributed by atoms with E-state index in [4.69, 9.17) is 0 Å². The zero-order valence-corrected chi connectivity index (χ0v) is 15.9. The molecule has 4 rings (SSSR count). The zero-order valence-electron chi connectivity index (χ0n) is 15.1. The van der Waals surface area contributed by atoms with E-state index in [2.05, 4.69) is 10.6 Å². The Morgan fingerprint density at radius 3 is 2.32 bits per heavy atom. The highest BCUT2D eigenvalue weighted by Gasteiger charge is 2.25. The number of carbonyl (C=O) groups excluding carboxylic acids is 2. The number of anilines is 3. The Balaban J connectivity index is 1.54. The van der Waals surface area contributed by atoms with Gasteiger partial charge in [0.2, 0.25) is 5.91 Å². The van der Waals surface area contributed by atoms with Crippen molar-refractivity contribution >= 4 is 40.8 Å². The molecule has 28 heavy (non-hydrogen) atoms. The number of amides is 3. The highest BCUT2D eigenvalue weighted by molar-refractivity contribution is 8.00. The van der Waals surface area contributed by atoms with Crippen molar-refractivity contribution < 1.29 is 9.59 Å². The summed E-state index contributed by atoms with van der Waals surface area (Å²) in [7, 11) is 0. The molecule has 0 fully saturated rings. The van der Waals surface area contributed by atoms with Gasteiger partial charge < -0.3 is 15.5 Å². The van der Waals surface area contributed by atoms with Gasteiger partial charge in [0.25, 0.3) is 0 Å². The lowest BCUT2D eigenvalue weighted by Crippen LogP contribution is -2.34. The Morgan fingerprint density at radius 2 is 1.57 bits per heavy atom. The van der Waals surface area contributed by atoms with Gasteiger partial charge in [0.05, 0.1) is 18.0 Å². The summed E-state index contributed by atoms with van der Waals surface area (Å²) >= 11 is 1.52. The molecule has 3 aromatic carbocycles. The van der Waals surface area contributed by atoms with Gasteiger partial charge in [0.1, 0.15) is 0 Å². The van der Waals surface area contributed by atoms with Gasteiger partial charge in [-0.2, -0.15) is 0 Å². The van der Waals surface area contributed by atoms with Crippen LogP contribution in [0.3, 0.4) is 0 Å². The van der Waals surface area contributed by atoms with Crippen molar-refractivity contribution in [2.75, 3.05) is 21.3 Å². The fraction of sp³-hybridized carbons (Fsp3) is 0.0909. The first-order valence-electron chi connectivity index (χ1n) is 8.93. The number of rotatable bonds is 4. The van der Waals surface area contributed by atoms with Gasteiger partial charge in [-0.05, 0) is 35.9 Å². The van der Waals surface area contributed by atoms with Crippen molar-refractivity contribution in [2.45, 2.75) is 11.4 Å². The van der Waals surface area contributed by atoms with Crippen LogP contribution in [0.2, 0.25) is 0 Å². The number of hydrogen-bond acceptors (Lipinski definition) is 3. The van der Waals surface area contributed by atoms with Crippen molar-refractivity contribution in [2.24, 2.45) is 0 Å². The minimum atomic E-state index is -0.324. The molecule has 140 valence electrons. The van der Waals surface area contributed by atoms with Crippen LogP contribution in [-0.2, 0) is 11.3 Å². The first-order valence-corrected chi connectivity index (χ1v) is 9.92. The molecular formula is C22H19N3O2S. The zero-order chi connectivity index (χ0) is 19.3. The lowest BCUT2D eigenvalue weighted by Gasteiger charge is -2.29. The fourth-order valence-electron chi connectivity index (χ4n) is 3.03. The molecule has 1 heterocycles. The number of benzene rings is 3. The van der Waals surface area contributed by atoms with Gasteiger partial charge in [-0.25, -0.2) is 4.79 Å². The molecule has 0 bridgehead atoms. The van der Waals surface area contributed by atoms with Crippen molar-refractivity contribution in [3.8, 4) is 0 Å². The number of para-hydroxylation sites is 1. The quantitative estimate of drug-likeness (QED) is 0.662. The fourth-order valence-corrected chi connectivity index (χ4v) is 3.95. The van der Waals surface area contributed by atoms with Gasteiger partial charge in [-0.1, -0.05) is 48.5 Å². The highest BCUT2D eigenvalue weighted by Crippen LogP contribution is 2.38. The Kier molecular flexibility index (Phi) is 5.30. The lowest BCUT2D eigenvalue weighted by molar-refractivity contribution is -0.116. The van der Waals surface area contributed by atoms with Crippen LogP contribution in [0, 0.1) is 0 Å². The summed E-state index contributed by atoms with van der Waals surface area (Å²) in [6.45, 7) is 0.507. The maximum atomic E-state index is 12.5. The summed E-state index contributed by atoms with van der Waals surface area (Å²) in [6, 6.07) is 24.5. The SMILES string of the molecule is O=C(Nc1ccccc1)Nc1ccc2c(c1)N(Cc1ccccc1)C(=O)CS2. The van der Waals surface area contributed by atoms with Crippen LogP contribution in [0.1, 0.15) is 5.56 Å². The van der Waals surface area contributed by atoms with Gasteiger partial charge in [0.15, 0.2) is 0 Å². The van der Waals surface area contributed by atoms with E-state index in [1.165, 1.54) is 11.8 Å². The molecule has 0 aromatic heterocycles. The molecule has 6 heteroatoms. The van der Waals surface area contributed by atoms with Gasteiger partial charge in [-0.3, -0.25) is 4.79 Å². The molecule has 1 aliphatic heterocycles. The summed E-state index contributed by atoms with van der Waals surface area (Å²) in [5.74, 6) is 0.480. The van der Waals surface area contributed by atoms with Crippen LogP contribution in [0.5, 0.6) is 0 Å². The topological polar surface area (TPSA) is 61.4 Å². The van der Waals surface area contributed by atoms with E-state index in [0.717, 1.165) is 21.8 Å². The van der Waals surface area contributed by atoms with E-state index < -0.39 is 0 Å². The third-order valence-electron chi connectivity index (χ3n) is 4.37. The predicted octanol–water partition coefficient (Wildman–Crippen LogP) is 4.97. The van der Waals surface area contributed by atoms with Crippen LogP contribution >= 0.6 is 11.8 Å². The number of urea groups is 1. The molecule has 0 radical (unpaired) electrons. The third-order valence-corrected chi connectivity index (χ3v) is 5.42. The maximum Gasteiger partial charge on any atom is 0.323 e. The van der Waals surface area contributed by atoms with Crippen molar-refractivity contribution in [1.29, 1.82) is 0 Å². The van der Waals surface area contributed by atoms with Crippen LogP contribution < -0.4 is 15.5 Å². The van der Waals surface area contributed by atoms with Crippen LogP contribution in [-0.4, -0.2) is 17.7 Å². The molecule has 0 unspecified atom stereocenters. The number of fused-ring (bicyclic) bond motifs is 1. The van der Waals surface area contributed by atoms with Gasteiger partial charge in [-0.15, -0.1) is 11.8 Å². The normalized spacial score (nSPS) is 13.0. The Labute approximate surface area is 167 Å². The summed E-state index contributed by atoms with van der Waals surface area (Å²) in [6.07, 6.45) is 0. The van der Waals surface area contributed by atoms with Crippen LogP contribution in [0.4, 0.5) is 21.9 Å². The van der Waals surface area contributed by atoms with Crippen LogP contribution in [0.15, 0.2) is 83.8 Å². The number of thioether (sulfide) groups is 1. The van der Waals surface area contributed by atoms with Crippen molar-refractivity contribution in [1.82, 2.24) is 0 Å². The molecule has 3 amide bonds. The molecule has 0 atom stereocenters. The smallest absolute Gasteiger partial charge is 0.308 e. The predicted molar refractivity (Wildman–Crippen MR) is 114 cm³/mol. The summed E-state index contributed by atoms with van der Waals surface area (Å²) < 4.78 is 0. The molecule has 3 aromatic rings. The largest absolute Gasteiger partial charge is 0.323 e. The average molecular weight is 389 g/mol. The van der Waals surface area contributed by atoms with E-state index in [9.17, 15) is 9.59 Å². The molecule has 0 spiro atoms. The molecule has 5 nitrogen and oxygen atoms in total. The lowest BCUT2D eigenvalue weighted by atomic mass is 10.2. The molecule has 2 N–H and O–H groups in total. The second kappa shape index (κ2) is 8.19. The third kappa shape index (κ3) is 4.18. The number of carbonyl (C=O) groups is 2. The maximum absolute atomic E-state index is 12.5. The van der Waals surface area contributed by atoms with E-state index in [0.29, 0.717) is 18.0 Å². The standard InChI is InChI=1S/C22H19N3O2S/c26-21-15-28-20-12-11-18(24-22(27)23-17-9-5-2-6-10-17)13-19(20)25(21)14-16-7-3-1-4-8-16/h1-13H,14-15H2,(H2,23,24,27). The monoisotopic (exact) mass is 389 g/mol. The van der Waals surface area contributed by atoms with E-state index in [1.54, 1.807) is 4.90 Å². The second-order valence-electron chi connectivity index (χ2n) is 6.38. The van der Waals surface area contributed by atoms with E-state index in [-0.39, 0.29) is 11.9 Å². The minimum Gasteiger partial charge on any atom is -0.308 e. The van der Waals surface area contributed by atoms with Gasteiger partial charge >= 0.3 is 6.03 Å². The highest BCUT2D eigenvalue weighted by atomic mass is 32.2. The van der Waals surface area contributed by atoms with E-state index >= 15 is 0 Å². The molecule has 1 aliphatic rings. The van der Waals surface area contributed by atoms with Crippen molar-refractivity contribution in [3.63, 3.8) is 0 Å². The van der Waals surface area contributed by atoms with Crippen molar-refractivity contribution in [3.05, 3.63) is 84.4 Å². The molecule has 0 aliphatic carbocycles. The van der Waals surface area contributed by atoms with E-state index in [1.807, 2.05) is 78.9 Å². The number of nitrogens with one attached hydrogen (secondary N) is 2. The average Bonchev–Trinajstić information content (AvgIpc) is 2.72. The Bertz CT molecular complexity index is 993. The second-order valence-corrected chi connectivity index (χ2v) is 7.40. The van der Waals surface area contributed by atoms with Gasteiger partial charge in [0, 0.05) is 16.3 Å². The first-order chi connectivity index (χ1) is 13.7. The Hall–Kier alpha value is -3.25. The Morgan fingerprint density at radius 1 is 0.893 bits per heavy atom. The summed E-state index contributed by atoms with van der Waals surface area (Å²) in [5.41, 5.74) is 3.24. The molecular weight excluding hydrogens is 370 g/mol. The first kappa shape index (κ1) is 18.1. The summed E-state index contributed by atoms with van der Waals surface area (Å²) in [5, 5.41) is 5.64. The number of nitrogens with zero attached hydrogens (tertiary/aromatic N) is 1. The molecule has 0 saturated heterocycles. The summed E-state index contributed by atoms with van der Waals surface area (Å²) in [4.78, 5) is 27.6. The molecule has 0 saturated carbocycles. The number of hydrogen-bond donors (Lipinski definition) is 2. The van der Waals surface area contributed by atoms with Crippen LogP contribution in [0.25, 0.3) is 0 Å².